The summed E-state index contributed by atoms with van der Waals surface area (Å²) >= 11 is 0. The van der Waals surface area contributed by atoms with Gasteiger partial charge in [0.2, 0.25) is 0 Å². The van der Waals surface area contributed by atoms with Gasteiger partial charge in [0.1, 0.15) is 11.0 Å². The van der Waals surface area contributed by atoms with Gasteiger partial charge < -0.3 is 4.42 Å². The van der Waals surface area contributed by atoms with E-state index in [2.05, 4.69) is 11.2 Å². The van der Waals surface area contributed by atoms with Gasteiger partial charge in [-0.2, -0.15) is 5.10 Å². The topological polar surface area (TPSA) is 48.0 Å². The molecule has 0 bridgehead atoms. The van der Waals surface area contributed by atoms with Crippen molar-refractivity contribution in [2.75, 3.05) is 0 Å². The van der Waals surface area contributed by atoms with Crippen LogP contribution in [-0.4, -0.2) is 9.78 Å². The Morgan fingerprint density at radius 2 is 1.86 bits per heavy atom. The number of aryl methyl sites for hydroxylation is 2. The van der Waals surface area contributed by atoms with Crippen molar-refractivity contribution in [2.45, 2.75) is 13.8 Å². The van der Waals surface area contributed by atoms with Crippen LogP contribution in [0, 0.1) is 13.8 Å². The van der Waals surface area contributed by atoms with Crippen molar-refractivity contribution < 1.29 is 4.42 Å². The molecule has 0 amide bonds. The molecule has 4 rings (SSSR count). The van der Waals surface area contributed by atoms with Gasteiger partial charge in [0.05, 0.1) is 16.9 Å². The fourth-order valence-corrected chi connectivity index (χ4v) is 2.87. The van der Waals surface area contributed by atoms with Crippen LogP contribution >= 0.6 is 0 Å². The summed E-state index contributed by atoms with van der Waals surface area (Å²) in [5, 5.41) is 6.00. The molecule has 2 aromatic carbocycles. The maximum absolute atomic E-state index is 12.3. The number of hydrogen-bond donors (Lipinski definition) is 0. The lowest BCUT2D eigenvalue weighted by molar-refractivity contribution is 0.569. The van der Waals surface area contributed by atoms with Crippen LogP contribution in [0.5, 0.6) is 0 Å². The smallest absolute Gasteiger partial charge is 0.347 e. The molecule has 0 fully saturated rings. The molecule has 0 N–H and O–H groups in total. The summed E-state index contributed by atoms with van der Waals surface area (Å²) in [4.78, 5) is 12.3. The van der Waals surface area contributed by atoms with Gasteiger partial charge in [-0.3, -0.25) is 0 Å². The van der Waals surface area contributed by atoms with E-state index in [1.165, 1.54) is 0 Å². The van der Waals surface area contributed by atoms with Gasteiger partial charge >= 0.3 is 5.63 Å². The number of nitrogens with zero attached hydrogens (tertiary/aromatic N) is 2. The highest BCUT2D eigenvalue weighted by atomic mass is 16.4. The summed E-state index contributed by atoms with van der Waals surface area (Å²) in [7, 11) is 0. The van der Waals surface area contributed by atoms with E-state index < -0.39 is 0 Å². The van der Waals surface area contributed by atoms with Crippen molar-refractivity contribution >= 4 is 21.9 Å². The number of hydrogen-bond acceptors (Lipinski definition) is 3. The molecule has 0 radical (unpaired) electrons. The Hall–Kier alpha value is -2.88. The lowest BCUT2D eigenvalue weighted by Crippen LogP contribution is -2.01. The Kier molecular flexibility index (Phi) is 2.66. The van der Waals surface area contributed by atoms with Crippen LogP contribution in [0.15, 0.2) is 57.7 Å². The first-order chi connectivity index (χ1) is 10.6. The highest BCUT2D eigenvalue weighted by Crippen LogP contribution is 2.27. The molecule has 2 heterocycles. The minimum absolute atomic E-state index is 0.342. The summed E-state index contributed by atoms with van der Waals surface area (Å²) in [6, 6.07) is 15.6. The van der Waals surface area contributed by atoms with Gasteiger partial charge in [0.25, 0.3) is 0 Å². The van der Waals surface area contributed by atoms with Crippen molar-refractivity contribution in [3.63, 3.8) is 0 Å². The minimum Gasteiger partial charge on any atom is -0.422 e. The molecule has 0 aliphatic rings. The largest absolute Gasteiger partial charge is 0.422 e. The minimum atomic E-state index is -0.342. The molecular weight excluding hydrogens is 276 g/mol. The highest BCUT2D eigenvalue weighted by Gasteiger charge is 2.17. The zero-order valence-corrected chi connectivity index (χ0v) is 12.3. The molecule has 108 valence electrons. The monoisotopic (exact) mass is 290 g/mol. The molecule has 4 nitrogen and oxygen atoms in total. The molecule has 0 saturated carbocycles. The third-order valence-electron chi connectivity index (χ3n) is 3.86. The third kappa shape index (κ3) is 1.77. The molecule has 0 aliphatic carbocycles. The summed E-state index contributed by atoms with van der Waals surface area (Å²) in [6.07, 6.45) is 0. The second-order valence-electron chi connectivity index (χ2n) is 5.45. The van der Waals surface area contributed by atoms with Crippen molar-refractivity contribution in [3.8, 4) is 5.69 Å². The predicted molar refractivity (Wildman–Crippen MR) is 86.6 cm³/mol. The van der Waals surface area contributed by atoms with Crippen molar-refractivity contribution in [3.05, 3.63) is 70.2 Å². The second kappa shape index (κ2) is 4.56. The lowest BCUT2D eigenvalue weighted by atomic mass is 10.1. The number of fused-ring (bicyclic) bond motifs is 3. The second-order valence-corrected chi connectivity index (χ2v) is 5.45. The predicted octanol–water partition coefficient (Wildman–Crippen LogP) is 3.75. The molecule has 0 atom stereocenters. The average molecular weight is 290 g/mol. The Labute approximate surface area is 126 Å². The quantitative estimate of drug-likeness (QED) is 0.502. The molecule has 0 spiro atoms. The maximum Gasteiger partial charge on any atom is 0.347 e. The highest BCUT2D eigenvalue weighted by molar-refractivity contribution is 6.03. The molecule has 2 aromatic heterocycles. The van der Waals surface area contributed by atoms with Gasteiger partial charge in [0, 0.05) is 5.39 Å². The lowest BCUT2D eigenvalue weighted by Gasteiger charge is -2.06. The summed E-state index contributed by atoms with van der Waals surface area (Å²) in [5.41, 5.74) is 3.80. The zero-order valence-electron chi connectivity index (χ0n) is 12.3. The van der Waals surface area contributed by atoms with Gasteiger partial charge in [-0.15, -0.1) is 0 Å². The van der Waals surface area contributed by atoms with E-state index in [9.17, 15) is 4.79 Å². The normalized spacial score (nSPS) is 11.4. The van der Waals surface area contributed by atoms with E-state index in [0.717, 1.165) is 22.2 Å². The van der Waals surface area contributed by atoms with E-state index in [1.807, 2.05) is 54.9 Å². The molecular formula is C18H14N2O2. The van der Waals surface area contributed by atoms with Crippen LogP contribution in [0.1, 0.15) is 11.3 Å². The fourth-order valence-electron chi connectivity index (χ4n) is 2.87. The number of para-hydroxylation sites is 1. The molecule has 0 aliphatic heterocycles. The standard InChI is InChI=1S/C18H14N2O2/c1-11-6-5-7-13(10-11)20-17-14-8-3-4-9-15(14)22-18(21)16(17)12(2)19-20/h3-10H,1-2H3. The summed E-state index contributed by atoms with van der Waals surface area (Å²) < 4.78 is 7.25. The van der Waals surface area contributed by atoms with Gasteiger partial charge in [-0.25, -0.2) is 9.48 Å². The Morgan fingerprint density at radius 1 is 1.05 bits per heavy atom. The number of benzene rings is 2. The van der Waals surface area contributed by atoms with Crippen LogP contribution in [0.4, 0.5) is 0 Å². The average Bonchev–Trinajstić information content (AvgIpc) is 2.86. The maximum atomic E-state index is 12.3. The summed E-state index contributed by atoms with van der Waals surface area (Å²) in [6.45, 7) is 3.87. The first-order valence-corrected chi connectivity index (χ1v) is 7.13. The van der Waals surface area contributed by atoms with Crippen LogP contribution in [0.25, 0.3) is 27.6 Å². The fraction of sp³-hybridized carbons (Fsp3) is 0.111. The van der Waals surface area contributed by atoms with Gasteiger partial charge in [-0.1, -0.05) is 24.3 Å². The molecule has 22 heavy (non-hydrogen) atoms. The van der Waals surface area contributed by atoms with Crippen LogP contribution in [-0.2, 0) is 0 Å². The third-order valence-corrected chi connectivity index (χ3v) is 3.86. The van der Waals surface area contributed by atoms with E-state index in [0.29, 0.717) is 16.7 Å². The molecule has 0 saturated heterocycles. The number of rotatable bonds is 1. The first-order valence-electron chi connectivity index (χ1n) is 7.13. The Balaban J connectivity index is 2.23. The number of aromatic nitrogens is 2. The van der Waals surface area contributed by atoms with Crippen LogP contribution in [0.3, 0.4) is 0 Å². The van der Waals surface area contributed by atoms with Crippen molar-refractivity contribution in [2.24, 2.45) is 0 Å². The zero-order chi connectivity index (χ0) is 15.3. The van der Waals surface area contributed by atoms with Gasteiger partial charge in [0.15, 0.2) is 0 Å². The van der Waals surface area contributed by atoms with E-state index in [1.54, 1.807) is 6.07 Å². The SMILES string of the molecule is Cc1cccc(-n2nc(C)c3c(=O)oc4ccccc4c32)c1. The Bertz CT molecular complexity index is 1070. The van der Waals surface area contributed by atoms with Gasteiger partial charge in [-0.05, 0) is 43.7 Å². The Morgan fingerprint density at radius 3 is 2.68 bits per heavy atom. The van der Waals surface area contributed by atoms with Crippen molar-refractivity contribution in [1.29, 1.82) is 0 Å². The molecule has 0 unspecified atom stereocenters. The molecule has 4 heteroatoms. The van der Waals surface area contributed by atoms with Crippen LogP contribution < -0.4 is 5.63 Å². The van der Waals surface area contributed by atoms with Crippen molar-refractivity contribution in [1.82, 2.24) is 9.78 Å². The first kappa shape index (κ1) is 12.8. The molecule has 4 aromatic rings. The van der Waals surface area contributed by atoms with E-state index in [4.69, 9.17) is 4.42 Å². The van der Waals surface area contributed by atoms with Crippen LogP contribution in [0.2, 0.25) is 0 Å². The summed E-state index contributed by atoms with van der Waals surface area (Å²) in [5.74, 6) is 0. The van der Waals surface area contributed by atoms with E-state index >= 15 is 0 Å². The van der Waals surface area contributed by atoms with E-state index in [-0.39, 0.29) is 5.63 Å².